The molecule has 0 bridgehead atoms. The van der Waals surface area contributed by atoms with Gasteiger partial charge in [0.25, 0.3) is 0 Å². The Morgan fingerprint density at radius 3 is 3.00 bits per heavy atom. The molecule has 88 valence electrons. The number of anilines is 1. The summed E-state index contributed by atoms with van der Waals surface area (Å²) in [5.41, 5.74) is 6.30. The molecule has 0 aliphatic heterocycles. The van der Waals surface area contributed by atoms with Crippen LogP contribution in [0, 0.1) is 5.82 Å². The van der Waals surface area contributed by atoms with Crippen LogP contribution in [0.15, 0.2) is 24.9 Å². The third kappa shape index (κ3) is 3.31. The summed E-state index contributed by atoms with van der Waals surface area (Å²) in [6.45, 7) is 4.83. The molecule has 0 fully saturated rings. The number of rotatable bonds is 6. The van der Waals surface area contributed by atoms with Crippen molar-refractivity contribution in [3.05, 3.63) is 36.3 Å². The van der Waals surface area contributed by atoms with E-state index < -0.39 is 0 Å². The Hall–Kier alpha value is -1.42. The first-order valence-corrected chi connectivity index (χ1v) is 5.35. The molecule has 0 atom stereocenters. The van der Waals surface area contributed by atoms with Crippen molar-refractivity contribution >= 4 is 5.82 Å². The predicted octanol–water partition coefficient (Wildman–Crippen LogP) is 2.08. The predicted molar refractivity (Wildman–Crippen MR) is 64.8 cm³/mol. The summed E-state index contributed by atoms with van der Waals surface area (Å²) in [6, 6.07) is 1.44. The SMILES string of the molecule is C=CCCCN(C)c1ncc(F)cc1CN. The second-order valence-corrected chi connectivity index (χ2v) is 3.69. The topological polar surface area (TPSA) is 42.2 Å². The zero-order valence-corrected chi connectivity index (χ0v) is 9.62. The fourth-order valence-corrected chi connectivity index (χ4v) is 1.55. The number of halogens is 1. The summed E-state index contributed by atoms with van der Waals surface area (Å²) >= 11 is 0. The minimum absolute atomic E-state index is 0.298. The van der Waals surface area contributed by atoms with Crippen LogP contribution < -0.4 is 10.6 Å². The highest BCUT2D eigenvalue weighted by Crippen LogP contribution is 2.17. The molecular weight excluding hydrogens is 205 g/mol. The van der Waals surface area contributed by atoms with Crippen LogP contribution in [0.2, 0.25) is 0 Å². The van der Waals surface area contributed by atoms with Gasteiger partial charge < -0.3 is 10.6 Å². The van der Waals surface area contributed by atoms with Gasteiger partial charge in [-0.25, -0.2) is 9.37 Å². The molecule has 0 aromatic carbocycles. The maximum Gasteiger partial charge on any atom is 0.141 e. The van der Waals surface area contributed by atoms with Crippen molar-refractivity contribution in [2.24, 2.45) is 5.73 Å². The monoisotopic (exact) mass is 223 g/mol. The van der Waals surface area contributed by atoms with Gasteiger partial charge in [-0.15, -0.1) is 6.58 Å². The molecule has 16 heavy (non-hydrogen) atoms. The summed E-state index contributed by atoms with van der Waals surface area (Å²) in [4.78, 5) is 6.06. The highest BCUT2D eigenvalue weighted by molar-refractivity contribution is 5.46. The van der Waals surface area contributed by atoms with Crippen molar-refractivity contribution in [1.82, 2.24) is 4.98 Å². The van der Waals surface area contributed by atoms with Crippen molar-refractivity contribution < 1.29 is 4.39 Å². The first-order valence-electron chi connectivity index (χ1n) is 5.35. The Kier molecular flexibility index (Phi) is 4.92. The van der Waals surface area contributed by atoms with Crippen LogP contribution in [0.5, 0.6) is 0 Å². The van der Waals surface area contributed by atoms with Crippen molar-refractivity contribution in [3.8, 4) is 0 Å². The van der Waals surface area contributed by atoms with Crippen LogP contribution in [0.3, 0.4) is 0 Å². The van der Waals surface area contributed by atoms with E-state index in [0.29, 0.717) is 6.54 Å². The number of hydrogen-bond donors (Lipinski definition) is 1. The van der Waals surface area contributed by atoms with E-state index in [1.165, 1.54) is 12.3 Å². The zero-order chi connectivity index (χ0) is 12.0. The molecule has 4 heteroatoms. The minimum Gasteiger partial charge on any atom is -0.359 e. The van der Waals surface area contributed by atoms with Crippen LogP contribution in [0.1, 0.15) is 18.4 Å². The highest BCUT2D eigenvalue weighted by atomic mass is 19.1. The van der Waals surface area contributed by atoms with Gasteiger partial charge in [0.2, 0.25) is 0 Å². The summed E-state index contributed by atoms with van der Waals surface area (Å²) in [5, 5.41) is 0. The fourth-order valence-electron chi connectivity index (χ4n) is 1.55. The fraction of sp³-hybridized carbons (Fsp3) is 0.417. The number of pyridine rings is 1. The number of unbranched alkanes of at least 4 members (excludes halogenated alkanes) is 1. The maximum absolute atomic E-state index is 13.0. The quantitative estimate of drug-likeness (QED) is 0.593. The average molecular weight is 223 g/mol. The molecule has 0 spiro atoms. The Morgan fingerprint density at radius 2 is 2.38 bits per heavy atom. The third-order valence-electron chi connectivity index (χ3n) is 2.39. The lowest BCUT2D eigenvalue weighted by Crippen LogP contribution is -2.22. The Labute approximate surface area is 95.8 Å². The number of nitrogens with two attached hydrogens (primary N) is 1. The summed E-state index contributed by atoms with van der Waals surface area (Å²) in [7, 11) is 1.93. The van der Waals surface area contributed by atoms with Gasteiger partial charge in [-0.3, -0.25) is 0 Å². The molecule has 0 amide bonds. The minimum atomic E-state index is -0.344. The number of aromatic nitrogens is 1. The van der Waals surface area contributed by atoms with E-state index in [2.05, 4.69) is 11.6 Å². The van der Waals surface area contributed by atoms with Gasteiger partial charge in [0.1, 0.15) is 11.6 Å². The van der Waals surface area contributed by atoms with Crippen molar-refractivity contribution in [3.63, 3.8) is 0 Å². The van der Waals surface area contributed by atoms with Gasteiger partial charge in [-0.05, 0) is 18.9 Å². The van der Waals surface area contributed by atoms with Crippen molar-refractivity contribution in [2.45, 2.75) is 19.4 Å². The Bertz CT molecular complexity index is 352. The van der Waals surface area contributed by atoms with Crippen LogP contribution in [0.25, 0.3) is 0 Å². The van der Waals surface area contributed by atoms with E-state index in [-0.39, 0.29) is 5.82 Å². The van der Waals surface area contributed by atoms with Crippen LogP contribution in [-0.4, -0.2) is 18.6 Å². The first-order chi connectivity index (χ1) is 7.69. The zero-order valence-electron chi connectivity index (χ0n) is 9.62. The molecule has 0 radical (unpaired) electrons. The van der Waals surface area contributed by atoms with Gasteiger partial charge in [-0.2, -0.15) is 0 Å². The standard InChI is InChI=1S/C12H18FN3/c1-3-4-5-6-16(2)12-10(8-14)7-11(13)9-15-12/h3,7,9H,1,4-6,8,14H2,2H3. The molecule has 1 aromatic rings. The van der Waals surface area contributed by atoms with Crippen molar-refractivity contribution in [2.75, 3.05) is 18.5 Å². The maximum atomic E-state index is 13.0. The number of hydrogen-bond acceptors (Lipinski definition) is 3. The van der Waals surface area contributed by atoms with E-state index in [0.717, 1.165) is 30.8 Å². The molecule has 1 rings (SSSR count). The molecule has 1 aromatic heterocycles. The summed E-state index contributed by atoms with van der Waals surface area (Å²) in [5.74, 6) is 0.414. The average Bonchev–Trinajstić information content (AvgIpc) is 2.29. The lowest BCUT2D eigenvalue weighted by molar-refractivity contribution is 0.617. The van der Waals surface area contributed by atoms with E-state index in [1.54, 1.807) is 0 Å². The second kappa shape index (κ2) is 6.23. The molecular formula is C12H18FN3. The van der Waals surface area contributed by atoms with Gasteiger partial charge in [-0.1, -0.05) is 6.08 Å². The number of nitrogens with zero attached hydrogens (tertiary/aromatic N) is 2. The van der Waals surface area contributed by atoms with Crippen LogP contribution in [0.4, 0.5) is 10.2 Å². The van der Waals surface area contributed by atoms with Crippen molar-refractivity contribution in [1.29, 1.82) is 0 Å². The smallest absolute Gasteiger partial charge is 0.141 e. The Morgan fingerprint density at radius 1 is 1.62 bits per heavy atom. The number of allylic oxidation sites excluding steroid dienone is 1. The molecule has 0 aliphatic carbocycles. The molecule has 2 N–H and O–H groups in total. The first kappa shape index (κ1) is 12.6. The van der Waals surface area contributed by atoms with Crippen LogP contribution in [-0.2, 0) is 6.54 Å². The molecule has 0 saturated heterocycles. The summed E-state index contributed by atoms with van der Waals surface area (Å²) in [6.07, 6.45) is 5.07. The molecule has 0 unspecified atom stereocenters. The van der Waals surface area contributed by atoms with E-state index in [9.17, 15) is 4.39 Å². The molecule has 0 saturated carbocycles. The van der Waals surface area contributed by atoms with Gasteiger partial charge in [0, 0.05) is 25.7 Å². The highest BCUT2D eigenvalue weighted by Gasteiger charge is 2.08. The largest absolute Gasteiger partial charge is 0.359 e. The van der Waals surface area contributed by atoms with Gasteiger partial charge in [0.05, 0.1) is 6.20 Å². The summed E-state index contributed by atoms with van der Waals surface area (Å²) < 4.78 is 13.0. The molecule has 3 nitrogen and oxygen atoms in total. The lowest BCUT2D eigenvalue weighted by Gasteiger charge is -2.20. The molecule has 1 heterocycles. The second-order valence-electron chi connectivity index (χ2n) is 3.69. The van der Waals surface area contributed by atoms with Gasteiger partial charge >= 0.3 is 0 Å². The third-order valence-corrected chi connectivity index (χ3v) is 2.39. The van der Waals surface area contributed by atoms with Gasteiger partial charge in [0.15, 0.2) is 0 Å². The van der Waals surface area contributed by atoms with E-state index in [1.807, 2.05) is 18.0 Å². The Balaban J connectivity index is 2.73. The normalized spacial score (nSPS) is 10.2. The lowest BCUT2D eigenvalue weighted by atomic mass is 10.2. The van der Waals surface area contributed by atoms with Crippen LogP contribution >= 0.6 is 0 Å². The molecule has 0 aliphatic rings. The van der Waals surface area contributed by atoms with E-state index >= 15 is 0 Å². The van der Waals surface area contributed by atoms with E-state index in [4.69, 9.17) is 5.73 Å².